The molecule has 0 heterocycles. The average Bonchev–Trinajstić information content (AvgIpc) is 2.16. The highest BCUT2D eigenvalue weighted by Crippen LogP contribution is 2.19. The zero-order valence-corrected chi connectivity index (χ0v) is 15.4. The predicted molar refractivity (Wildman–Crippen MR) is 85.2 cm³/mol. The predicted octanol–water partition coefficient (Wildman–Crippen LogP) is 0.781. The van der Waals surface area contributed by atoms with Crippen molar-refractivity contribution in [2.75, 3.05) is 19.6 Å². The zero-order valence-electron chi connectivity index (χ0n) is 11.4. The molecule has 0 aliphatic carbocycles. The second-order valence-corrected chi connectivity index (χ2v) is 14.4. The Bertz CT molecular complexity index is 192. The summed E-state index contributed by atoms with van der Waals surface area (Å²) < 4.78 is 11.8. The fourth-order valence-electron chi connectivity index (χ4n) is 1.62. The number of hydrogen-bond donors (Lipinski definition) is 2. The van der Waals surface area contributed by atoms with E-state index in [1.54, 1.807) is 0 Å². The van der Waals surface area contributed by atoms with Crippen LogP contribution in [0.15, 0.2) is 0 Å². The van der Waals surface area contributed by atoms with E-state index in [9.17, 15) is 0 Å². The highest BCUT2D eigenvalue weighted by Gasteiger charge is 2.32. The normalized spacial score (nSPS) is 12.5. The summed E-state index contributed by atoms with van der Waals surface area (Å²) in [5.41, 5.74) is 5.41. The van der Waals surface area contributed by atoms with Crippen molar-refractivity contribution in [2.45, 2.75) is 46.1 Å². The summed E-state index contributed by atoms with van der Waals surface area (Å²) in [7, 11) is -2.56. The first-order chi connectivity index (χ1) is 7.33. The molecular formula is C10H32N2O2Si3. The fraction of sp³-hybridized carbons (Fsp3) is 1.00. The van der Waals surface area contributed by atoms with Gasteiger partial charge in [0.25, 0.3) is 0 Å². The summed E-state index contributed by atoms with van der Waals surface area (Å²) in [5, 5.41) is 3.31. The summed E-state index contributed by atoms with van der Waals surface area (Å²) in [5.74, 6) is 0. The van der Waals surface area contributed by atoms with Gasteiger partial charge in [-0.2, -0.15) is 0 Å². The molecule has 0 atom stereocenters. The lowest BCUT2D eigenvalue weighted by Crippen LogP contribution is -2.46. The van der Waals surface area contributed by atoms with Crippen molar-refractivity contribution < 1.29 is 8.23 Å². The molecule has 3 N–H and O–H groups in total. The van der Waals surface area contributed by atoms with Crippen LogP contribution >= 0.6 is 0 Å². The monoisotopic (exact) mass is 296 g/mol. The molecule has 0 spiro atoms. The molecule has 0 bridgehead atoms. The van der Waals surface area contributed by atoms with Crippen LogP contribution in [0.1, 0.15) is 13.8 Å². The van der Waals surface area contributed by atoms with E-state index in [-0.39, 0.29) is 7.43 Å². The quantitative estimate of drug-likeness (QED) is 0.488. The molecule has 7 heteroatoms. The minimum atomic E-state index is -1.81. The van der Waals surface area contributed by atoms with Crippen molar-refractivity contribution in [1.29, 1.82) is 0 Å². The van der Waals surface area contributed by atoms with Gasteiger partial charge in [0.2, 0.25) is 0 Å². The lowest BCUT2D eigenvalue weighted by atomic mass is 10.5. The van der Waals surface area contributed by atoms with Gasteiger partial charge in [0.1, 0.15) is 10.5 Å². The Balaban J connectivity index is 0. The maximum atomic E-state index is 6.22. The zero-order chi connectivity index (χ0) is 12.7. The van der Waals surface area contributed by atoms with Gasteiger partial charge in [0.05, 0.1) is 0 Å². The molecule has 0 saturated heterocycles. The molecule has 0 rings (SSSR count). The summed E-state index contributed by atoms with van der Waals surface area (Å²) in [6.45, 7) is 11.5. The lowest BCUT2D eigenvalue weighted by Gasteiger charge is -2.32. The van der Waals surface area contributed by atoms with E-state index in [1.807, 2.05) is 0 Å². The van der Waals surface area contributed by atoms with Gasteiger partial charge in [0.15, 0.2) is 8.32 Å². The van der Waals surface area contributed by atoms with Gasteiger partial charge < -0.3 is 19.3 Å². The molecule has 4 nitrogen and oxygen atoms in total. The van der Waals surface area contributed by atoms with E-state index < -0.39 is 16.9 Å². The van der Waals surface area contributed by atoms with Crippen LogP contribution in [0.3, 0.4) is 0 Å². The van der Waals surface area contributed by atoms with Gasteiger partial charge in [-0.05, 0) is 45.2 Å². The minimum absolute atomic E-state index is 0. The highest BCUT2D eigenvalue weighted by atomic mass is 28.5. The molecule has 0 radical (unpaired) electrons. The highest BCUT2D eigenvalue weighted by molar-refractivity contribution is 6.83. The maximum Gasteiger partial charge on any atom is 0.310 e. The summed E-state index contributed by atoms with van der Waals surface area (Å²) in [4.78, 5) is 0. The molecule has 17 heavy (non-hydrogen) atoms. The van der Waals surface area contributed by atoms with Crippen LogP contribution < -0.4 is 11.1 Å². The minimum Gasteiger partial charge on any atom is -0.445 e. The van der Waals surface area contributed by atoms with Gasteiger partial charge in [0, 0.05) is 13.1 Å². The van der Waals surface area contributed by atoms with Crippen molar-refractivity contribution in [3.05, 3.63) is 0 Å². The third-order valence-corrected chi connectivity index (χ3v) is 12.1. The van der Waals surface area contributed by atoms with E-state index in [0.717, 1.165) is 23.6 Å². The molecule has 106 valence electrons. The molecule has 0 amide bonds. The Hall–Kier alpha value is 0.491. The smallest absolute Gasteiger partial charge is 0.310 e. The second-order valence-electron chi connectivity index (χ2n) is 5.11. The van der Waals surface area contributed by atoms with E-state index in [2.05, 4.69) is 31.5 Å². The largest absolute Gasteiger partial charge is 0.445 e. The first-order valence-corrected chi connectivity index (χ1v) is 12.7. The van der Waals surface area contributed by atoms with Crippen LogP contribution in [0.5, 0.6) is 0 Å². The van der Waals surface area contributed by atoms with Crippen molar-refractivity contribution in [3.63, 3.8) is 0 Å². The number of rotatable bonds is 9. The SMILES string of the molecule is C.C[Si](C)(CCCNCCN)O[Si](C)(C)O[SiH3]. The molecule has 0 aliphatic heterocycles. The Morgan fingerprint density at radius 3 is 2.24 bits per heavy atom. The number of nitrogens with one attached hydrogen (secondary N) is 1. The van der Waals surface area contributed by atoms with Crippen molar-refractivity contribution in [1.82, 2.24) is 5.32 Å². The first-order valence-electron chi connectivity index (χ1n) is 5.99. The standard InChI is InChI=1S/C9H28N2O2Si3.CH4/c1-15(2,13-16(3,4)12-14)9-5-7-11-8-6-10;/h11H,5-10H2,1-4,14H3;1H4. The van der Waals surface area contributed by atoms with Crippen molar-refractivity contribution >= 4 is 27.4 Å². The molecule has 0 unspecified atom stereocenters. The topological polar surface area (TPSA) is 56.5 Å². The van der Waals surface area contributed by atoms with Gasteiger partial charge in [-0.3, -0.25) is 0 Å². The van der Waals surface area contributed by atoms with Gasteiger partial charge >= 0.3 is 8.56 Å². The Morgan fingerprint density at radius 1 is 1.18 bits per heavy atom. The third kappa shape index (κ3) is 11.3. The van der Waals surface area contributed by atoms with Gasteiger partial charge in [-0.25, -0.2) is 0 Å². The number of nitrogens with two attached hydrogens (primary N) is 1. The second kappa shape index (κ2) is 9.42. The average molecular weight is 297 g/mol. The molecule has 0 aromatic carbocycles. The maximum absolute atomic E-state index is 6.22. The third-order valence-electron chi connectivity index (χ3n) is 2.47. The van der Waals surface area contributed by atoms with E-state index in [1.165, 1.54) is 12.5 Å². The Kier molecular flexibility index (Phi) is 11.0. The van der Waals surface area contributed by atoms with E-state index in [0.29, 0.717) is 6.54 Å². The Labute approximate surface area is 113 Å². The van der Waals surface area contributed by atoms with Gasteiger partial charge in [-0.15, -0.1) is 0 Å². The molecular weight excluding hydrogens is 264 g/mol. The summed E-state index contributed by atoms with van der Waals surface area (Å²) in [6, 6.07) is 1.19. The van der Waals surface area contributed by atoms with E-state index >= 15 is 0 Å². The van der Waals surface area contributed by atoms with Crippen LogP contribution in [0.4, 0.5) is 0 Å². The van der Waals surface area contributed by atoms with Crippen molar-refractivity contribution in [2.24, 2.45) is 5.73 Å². The van der Waals surface area contributed by atoms with E-state index in [4.69, 9.17) is 14.0 Å². The van der Waals surface area contributed by atoms with Crippen LogP contribution in [-0.2, 0) is 8.23 Å². The Morgan fingerprint density at radius 2 is 1.76 bits per heavy atom. The summed E-state index contributed by atoms with van der Waals surface area (Å²) >= 11 is 0. The van der Waals surface area contributed by atoms with Crippen LogP contribution in [0, 0.1) is 0 Å². The molecule has 0 saturated carbocycles. The fourth-order valence-corrected chi connectivity index (χ4v) is 9.47. The van der Waals surface area contributed by atoms with Crippen LogP contribution in [0.2, 0.25) is 32.2 Å². The van der Waals surface area contributed by atoms with Gasteiger partial charge in [-0.1, -0.05) is 7.43 Å². The molecule has 0 aromatic rings. The van der Waals surface area contributed by atoms with Crippen LogP contribution in [0.25, 0.3) is 0 Å². The molecule has 0 fully saturated rings. The lowest BCUT2D eigenvalue weighted by molar-refractivity contribution is 0.412. The van der Waals surface area contributed by atoms with Crippen LogP contribution in [-0.4, -0.2) is 47.0 Å². The molecule has 0 aromatic heterocycles. The van der Waals surface area contributed by atoms with Crippen molar-refractivity contribution in [3.8, 4) is 0 Å². The first kappa shape index (κ1) is 19.8. The number of hydrogen-bond acceptors (Lipinski definition) is 4. The molecule has 0 aliphatic rings. The summed E-state index contributed by atoms with van der Waals surface area (Å²) in [6.07, 6.45) is 1.17.